The summed E-state index contributed by atoms with van der Waals surface area (Å²) in [6, 6.07) is 0. The summed E-state index contributed by atoms with van der Waals surface area (Å²) in [5.74, 6) is 2.30. The smallest absolute Gasteiger partial charge is 0.377 e. The molecular weight excluding hydrogens is 266 g/mol. The molecule has 0 aliphatic carbocycles. The second-order valence-electron chi connectivity index (χ2n) is 2.30. The van der Waals surface area contributed by atoms with Gasteiger partial charge in [0.15, 0.2) is 0 Å². The lowest BCUT2D eigenvalue weighted by atomic mass is 10.3. The fraction of sp³-hybridized carbons (Fsp3) is 0.714. The van der Waals surface area contributed by atoms with Crippen LogP contribution in [-0.4, -0.2) is 41.0 Å². The summed E-state index contributed by atoms with van der Waals surface area (Å²) in [7, 11) is 0. The first-order valence-corrected chi connectivity index (χ1v) is 7.30. The maximum atomic E-state index is 9.30. The van der Waals surface area contributed by atoms with Crippen molar-refractivity contribution in [3.8, 4) is 12.3 Å². The van der Waals surface area contributed by atoms with E-state index in [1.165, 1.54) is 0 Å². The zero-order valence-electron chi connectivity index (χ0n) is 7.84. The van der Waals surface area contributed by atoms with Crippen molar-refractivity contribution < 1.29 is 24.4 Å². The molecule has 3 N–H and O–H groups in total. The maximum Gasteiger partial charge on any atom is 0.377 e. The van der Waals surface area contributed by atoms with Crippen LogP contribution in [0.15, 0.2) is 0 Å². The summed E-state index contributed by atoms with van der Waals surface area (Å²) in [6.07, 6.45) is 0.921. The molecule has 0 saturated heterocycles. The van der Waals surface area contributed by atoms with Gasteiger partial charge in [0.1, 0.15) is 0 Å². The van der Waals surface area contributed by atoms with Crippen LogP contribution in [0.5, 0.6) is 0 Å². The third-order valence-corrected chi connectivity index (χ3v) is 0.899. The lowest BCUT2D eigenvalue weighted by Crippen LogP contribution is -2.15. The number of ether oxygens (including phenoxy) is 1. The Morgan fingerprint density at radius 2 is 2.00 bits per heavy atom. The van der Waals surface area contributed by atoms with E-state index in [0.29, 0.717) is 6.42 Å². The van der Waals surface area contributed by atoms with Gasteiger partial charge in [-0.2, -0.15) is 0 Å². The molecule has 90 valence electrons. The molecule has 0 aromatic heterocycles. The molecule has 0 heterocycles. The number of terminal acetylenes is 1. The normalized spacial score (nSPS) is 12.3. The van der Waals surface area contributed by atoms with Crippen LogP contribution in [0.25, 0.3) is 0 Å². The van der Waals surface area contributed by atoms with Crippen molar-refractivity contribution in [2.75, 3.05) is 19.8 Å². The van der Waals surface area contributed by atoms with Gasteiger partial charge < -0.3 is 19.8 Å². The average molecular weight is 279 g/mol. The second kappa shape index (κ2) is 10.7. The summed E-state index contributed by atoms with van der Waals surface area (Å²) < 4.78 is 14.1. The predicted molar refractivity (Wildman–Crippen MR) is 58.9 cm³/mol. The van der Waals surface area contributed by atoms with Crippen LogP contribution in [0.2, 0.25) is 0 Å². The number of aliphatic hydroxyl groups is 2. The van der Waals surface area contributed by atoms with E-state index in [0.717, 1.165) is 0 Å². The van der Waals surface area contributed by atoms with Gasteiger partial charge in [0.05, 0.1) is 25.9 Å². The Morgan fingerprint density at radius 1 is 1.53 bits per heavy atom. The van der Waals surface area contributed by atoms with Crippen LogP contribution in [0.3, 0.4) is 0 Å². The van der Waals surface area contributed by atoms with Crippen LogP contribution in [0.4, 0.5) is 0 Å². The molecule has 0 aromatic carbocycles. The molecule has 0 fully saturated rings. The number of hydrogen-bond acceptors (Lipinski definition) is 4. The highest BCUT2D eigenvalue weighted by Crippen LogP contribution is 2.51. The fourth-order valence-corrected chi connectivity index (χ4v) is 0.479. The first kappa shape index (κ1) is 17.6. The summed E-state index contributed by atoms with van der Waals surface area (Å²) in [5.41, 5.74) is 0. The maximum absolute atomic E-state index is 9.30. The zero-order valence-corrected chi connectivity index (χ0v) is 10.3. The molecule has 0 spiro atoms. The largest absolute Gasteiger partial charge is 0.394 e. The van der Waals surface area contributed by atoms with Gasteiger partial charge in [-0.3, -0.25) is 4.57 Å². The number of halogens is 2. The van der Waals surface area contributed by atoms with E-state index in [2.05, 4.69) is 28.4 Å². The van der Waals surface area contributed by atoms with Crippen LogP contribution in [0.1, 0.15) is 6.42 Å². The molecule has 0 bridgehead atoms. The van der Waals surface area contributed by atoms with Crippen LogP contribution in [-0.2, 0) is 9.30 Å². The van der Waals surface area contributed by atoms with Gasteiger partial charge in [0, 0.05) is 6.42 Å². The van der Waals surface area contributed by atoms with E-state index in [1.54, 1.807) is 0 Å². The molecule has 0 saturated carbocycles. The van der Waals surface area contributed by atoms with E-state index in [9.17, 15) is 4.57 Å². The van der Waals surface area contributed by atoms with Gasteiger partial charge in [-0.15, -0.1) is 12.3 Å². The summed E-state index contributed by atoms with van der Waals surface area (Å²) >= 11 is 8.81. The Bertz CT molecular complexity index is 216. The lowest BCUT2D eigenvalue weighted by Gasteiger charge is -2.05. The predicted octanol–water partition coefficient (Wildman–Crippen LogP) is 0.944. The minimum absolute atomic E-state index is 0.0250. The molecule has 0 aliphatic heterocycles. The highest BCUT2D eigenvalue weighted by atomic mass is 35.9. The minimum Gasteiger partial charge on any atom is -0.394 e. The van der Waals surface area contributed by atoms with Crippen LogP contribution >= 0.6 is 28.6 Å². The molecule has 5 nitrogen and oxygen atoms in total. The molecule has 0 amide bonds. The minimum atomic E-state index is -3.69. The van der Waals surface area contributed by atoms with Crippen molar-refractivity contribution in [2.45, 2.75) is 12.5 Å². The quantitative estimate of drug-likeness (QED) is 0.396. The summed E-state index contributed by atoms with van der Waals surface area (Å²) in [5, 5.41) is 17.2. The highest BCUT2D eigenvalue weighted by molar-refractivity contribution is 8.04. The van der Waals surface area contributed by atoms with E-state index in [-0.39, 0.29) is 19.8 Å². The monoisotopic (exact) mass is 278 g/mol. The summed E-state index contributed by atoms with van der Waals surface area (Å²) in [4.78, 5) is 7.61. The van der Waals surface area contributed by atoms with Crippen molar-refractivity contribution in [2.24, 2.45) is 0 Å². The van der Waals surface area contributed by atoms with Crippen LogP contribution in [0, 0.1) is 12.3 Å². The van der Waals surface area contributed by atoms with Crippen molar-refractivity contribution >= 4 is 28.6 Å². The molecule has 8 heteroatoms. The molecule has 15 heavy (non-hydrogen) atoms. The van der Waals surface area contributed by atoms with Crippen molar-refractivity contribution in [1.29, 1.82) is 0 Å². The van der Waals surface area contributed by atoms with Gasteiger partial charge in [-0.25, -0.2) is 0 Å². The molecule has 0 aliphatic rings. The van der Waals surface area contributed by atoms with Gasteiger partial charge in [-0.1, -0.05) is 0 Å². The number of aliphatic hydroxyl groups excluding tert-OH is 2. The zero-order chi connectivity index (χ0) is 12.3. The lowest BCUT2D eigenvalue weighted by molar-refractivity contribution is 0.0237. The first-order valence-electron chi connectivity index (χ1n) is 3.83. The third kappa shape index (κ3) is 31.4. The number of hydrogen-bond donors (Lipinski definition) is 3. The molecule has 0 radical (unpaired) electrons. The fourth-order valence-electron chi connectivity index (χ4n) is 0.479. The molecular formula is C7H13Cl2O5P. The van der Waals surface area contributed by atoms with Gasteiger partial charge >= 0.3 is 6.07 Å². The molecule has 1 unspecified atom stereocenters. The van der Waals surface area contributed by atoms with Crippen molar-refractivity contribution in [3.05, 3.63) is 0 Å². The molecule has 0 aromatic rings. The number of rotatable bonds is 5. The average Bonchev–Trinajstić information content (AvgIpc) is 2.02. The Morgan fingerprint density at radius 3 is 2.33 bits per heavy atom. The van der Waals surface area contributed by atoms with Gasteiger partial charge in [0.25, 0.3) is 0 Å². The molecule has 1 atom stereocenters. The highest BCUT2D eigenvalue weighted by Gasteiger charge is 2.02. The topological polar surface area (TPSA) is 87.0 Å². The Hall–Kier alpha value is 0.210. The standard InChI is InChI=1S/C7H12O3.Cl2HO2P/c1-2-3-7(9)6-10-5-4-8;1-5(2,3)4/h1,7-9H,3-6H2;(H,3,4). The van der Waals surface area contributed by atoms with Crippen LogP contribution < -0.4 is 0 Å². The molecule has 0 rings (SSSR count). The van der Waals surface area contributed by atoms with E-state index >= 15 is 0 Å². The van der Waals surface area contributed by atoms with Gasteiger partial charge in [-0.05, 0) is 22.5 Å². The van der Waals surface area contributed by atoms with Crippen molar-refractivity contribution in [3.63, 3.8) is 0 Å². The van der Waals surface area contributed by atoms with E-state index < -0.39 is 12.2 Å². The first-order chi connectivity index (χ1) is 6.81. The Kier molecular flexibility index (Phi) is 12.6. The SMILES string of the molecule is C#CCC(O)COCCO.O=P(O)(Cl)Cl. The van der Waals surface area contributed by atoms with E-state index in [4.69, 9.17) is 26.3 Å². The second-order valence-corrected chi connectivity index (χ2v) is 6.43. The van der Waals surface area contributed by atoms with Gasteiger partial charge in [0.2, 0.25) is 0 Å². The van der Waals surface area contributed by atoms with Crippen molar-refractivity contribution in [1.82, 2.24) is 0 Å². The Balaban J connectivity index is 0. The Labute approximate surface area is 98.0 Å². The third-order valence-electron chi connectivity index (χ3n) is 0.899. The van der Waals surface area contributed by atoms with E-state index in [1.807, 2.05) is 0 Å². The summed E-state index contributed by atoms with van der Waals surface area (Å²) in [6.45, 7) is 0.426.